The van der Waals surface area contributed by atoms with E-state index in [-0.39, 0.29) is 11.9 Å². The largest absolute Gasteiger partial charge is 0.464 e. The van der Waals surface area contributed by atoms with E-state index in [9.17, 15) is 4.79 Å². The molecule has 112 valence electrons. The molecule has 1 aliphatic carbocycles. The molecule has 1 saturated carbocycles. The summed E-state index contributed by atoms with van der Waals surface area (Å²) in [6.45, 7) is 4.62. The molecule has 4 heteroatoms. The van der Waals surface area contributed by atoms with E-state index in [0.717, 1.165) is 22.1 Å². The molecule has 0 radical (unpaired) electrons. The molecule has 3 N–H and O–H groups in total. The van der Waals surface area contributed by atoms with Crippen molar-refractivity contribution in [2.45, 2.75) is 39.2 Å². The average Bonchev–Trinajstić information content (AvgIpc) is 3.23. The molecular weight excluding hydrogens is 264 g/mol. The summed E-state index contributed by atoms with van der Waals surface area (Å²) in [5.74, 6) is 0.600. The minimum absolute atomic E-state index is 0.0262. The number of nitrogens with one attached hydrogen (secondary N) is 1. The highest BCUT2D eigenvalue weighted by molar-refractivity contribution is 5.89. The zero-order chi connectivity index (χ0) is 15.0. The third-order valence-corrected chi connectivity index (χ3v) is 4.48. The SMILES string of the molecule is Cc1ccc2c(CC(=O)NC(CN)C3CC3)coc2c1C. The van der Waals surface area contributed by atoms with Crippen LogP contribution in [-0.4, -0.2) is 18.5 Å². The smallest absolute Gasteiger partial charge is 0.224 e. The first-order valence-corrected chi connectivity index (χ1v) is 7.56. The number of carbonyl (C=O) groups excluding carboxylic acids is 1. The molecular formula is C17H22N2O2. The highest BCUT2D eigenvalue weighted by atomic mass is 16.3. The molecule has 21 heavy (non-hydrogen) atoms. The van der Waals surface area contributed by atoms with Crippen molar-refractivity contribution in [2.75, 3.05) is 6.54 Å². The molecule has 1 aromatic carbocycles. The van der Waals surface area contributed by atoms with Crippen LogP contribution in [0.2, 0.25) is 0 Å². The van der Waals surface area contributed by atoms with Crippen molar-refractivity contribution in [3.05, 3.63) is 35.1 Å². The first kappa shape index (κ1) is 14.1. The van der Waals surface area contributed by atoms with Gasteiger partial charge in [-0.15, -0.1) is 0 Å². The molecule has 3 rings (SSSR count). The second kappa shape index (κ2) is 5.53. The lowest BCUT2D eigenvalue weighted by Gasteiger charge is -2.15. The summed E-state index contributed by atoms with van der Waals surface area (Å²) in [4.78, 5) is 12.2. The highest BCUT2D eigenvalue weighted by Gasteiger charge is 2.31. The number of rotatable bonds is 5. The Morgan fingerprint density at radius 2 is 2.19 bits per heavy atom. The van der Waals surface area contributed by atoms with E-state index >= 15 is 0 Å². The molecule has 0 aliphatic heterocycles. The zero-order valence-electron chi connectivity index (χ0n) is 12.6. The maximum atomic E-state index is 12.2. The lowest BCUT2D eigenvalue weighted by Crippen LogP contribution is -2.42. The summed E-state index contributed by atoms with van der Waals surface area (Å²) < 4.78 is 5.65. The molecule has 1 heterocycles. The fourth-order valence-electron chi connectivity index (χ4n) is 2.82. The van der Waals surface area contributed by atoms with Gasteiger partial charge in [0, 0.05) is 23.5 Å². The lowest BCUT2D eigenvalue weighted by molar-refractivity contribution is -0.121. The van der Waals surface area contributed by atoms with E-state index in [2.05, 4.69) is 18.3 Å². The fraction of sp³-hybridized carbons (Fsp3) is 0.471. The van der Waals surface area contributed by atoms with E-state index < -0.39 is 0 Å². The second-order valence-corrected chi connectivity index (χ2v) is 6.07. The van der Waals surface area contributed by atoms with Gasteiger partial charge < -0.3 is 15.5 Å². The van der Waals surface area contributed by atoms with Crippen LogP contribution in [0.5, 0.6) is 0 Å². The molecule has 4 nitrogen and oxygen atoms in total. The Morgan fingerprint density at radius 1 is 1.43 bits per heavy atom. The quantitative estimate of drug-likeness (QED) is 0.887. The van der Waals surface area contributed by atoms with Crippen molar-refractivity contribution in [2.24, 2.45) is 11.7 Å². The van der Waals surface area contributed by atoms with Crippen molar-refractivity contribution < 1.29 is 9.21 Å². The monoisotopic (exact) mass is 286 g/mol. The van der Waals surface area contributed by atoms with E-state index in [1.54, 1.807) is 6.26 Å². The zero-order valence-corrected chi connectivity index (χ0v) is 12.6. The number of fused-ring (bicyclic) bond motifs is 1. The number of aryl methyl sites for hydroxylation is 2. The molecule has 0 spiro atoms. The van der Waals surface area contributed by atoms with Crippen LogP contribution in [0.3, 0.4) is 0 Å². The molecule has 0 saturated heterocycles. The third-order valence-electron chi connectivity index (χ3n) is 4.48. The van der Waals surface area contributed by atoms with E-state index in [0.29, 0.717) is 18.9 Å². The maximum absolute atomic E-state index is 12.2. The predicted molar refractivity (Wildman–Crippen MR) is 83.1 cm³/mol. The summed E-state index contributed by atoms with van der Waals surface area (Å²) in [5, 5.41) is 4.08. The van der Waals surface area contributed by atoms with Gasteiger partial charge >= 0.3 is 0 Å². The van der Waals surface area contributed by atoms with Crippen LogP contribution in [0.4, 0.5) is 0 Å². The minimum atomic E-state index is 0.0262. The molecule has 1 aromatic heterocycles. The molecule has 1 unspecified atom stereocenters. The first-order valence-electron chi connectivity index (χ1n) is 7.56. The highest BCUT2D eigenvalue weighted by Crippen LogP contribution is 2.32. The van der Waals surface area contributed by atoms with Gasteiger partial charge in [0.15, 0.2) is 0 Å². The number of carbonyl (C=O) groups is 1. The van der Waals surface area contributed by atoms with Crippen LogP contribution in [0, 0.1) is 19.8 Å². The first-order chi connectivity index (χ1) is 10.1. The molecule has 1 amide bonds. The van der Waals surface area contributed by atoms with Crippen molar-refractivity contribution in [3.63, 3.8) is 0 Å². The topological polar surface area (TPSA) is 68.3 Å². The van der Waals surface area contributed by atoms with Crippen LogP contribution < -0.4 is 11.1 Å². The van der Waals surface area contributed by atoms with Crippen LogP contribution in [-0.2, 0) is 11.2 Å². The van der Waals surface area contributed by atoms with Gasteiger partial charge in [-0.1, -0.05) is 12.1 Å². The Morgan fingerprint density at radius 3 is 2.86 bits per heavy atom. The number of hydrogen-bond donors (Lipinski definition) is 2. The Labute approximate surface area is 124 Å². The van der Waals surface area contributed by atoms with Gasteiger partial charge in [-0.05, 0) is 43.7 Å². The van der Waals surface area contributed by atoms with E-state index in [1.807, 2.05) is 13.0 Å². The predicted octanol–water partition coefficient (Wildman–Crippen LogP) is 2.45. The van der Waals surface area contributed by atoms with Gasteiger partial charge in [0.05, 0.1) is 12.7 Å². The van der Waals surface area contributed by atoms with Crippen molar-refractivity contribution >= 4 is 16.9 Å². The summed E-state index contributed by atoms with van der Waals surface area (Å²) in [5.41, 5.74) is 9.89. The Kier molecular flexibility index (Phi) is 3.72. The van der Waals surface area contributed by atoms with Crippen LogP contribution in [0.1, 0.15) is 29.5 Å². The van der Waals surface area contributed by atoms with Gasteiger partial charge in [0.25, 0.3) is 0 Å². The van der Waals surface area contributed by atoms with Gasteiger partial charge in [-0.3, -0.25) is 4.79 Å². The molecule has 1 fully saturated rings. The van der Waals surface area contributed by atoms with Gasteiger partial charge in [0.1, 0.15) is 5.58 Å². The van der Waals surface area contributed by atoms with Crippen molar-refractivity contribution in [1.29, 1.82) is 0 Å². The maximum Gasteiger partial charge on any atom is 0.224 e. The van der Waals surface area contributed by atoms with Crippen molar-refractivity contribution in [1.82, 2.24) is 5.32 Å². The Bertz CT molecular complexity index is 671. The average molecular weight is 286 g/mol. The number of benzene rings is 1. The van der Waals surface area contributed by atoms with Gasteiger partial charge in [-0.2, -0.15) is 0 Å². The van der Waals surface area contributed by atoms with E-state index in [1.165, 1.54) is 18.4 Å². The number of hydrogen-bond acceptors (Lipinski definition) is 3. The normalized spacial score (nSPS) is 16.1. The van der Waals surface area contributed by atoms with Crippen LogP contribution >= 0.6 is 0 Å². The number of furan rings is 1. The Balaban J connectivity index is 1.75. The van der Waals surface area contributed by atoms with Crippen LogP contribution in [0.25, 0.3) is 11.0 Å². The van der Waals surface area contributed by atoms with Gasteiger partial charge in [-0.25, -0.2) is 0 Å². The Hall–Kier alpha value is -1.81. The minimum Gasteiger partial charge on any atom is -0.464 e. The molecule has 0 bridgehead atoms. The summed E-state index contributed by atoms with van der Waals surface area (Å²) in [7, 11) is 0. The fourth-order valence-corrected chi connectivity index (χ4v) is 2.82. The summed E-state index contributed by atoms with van der Waals surface area (Å²) in [6.07, 6.45) is 4.40. The molecule has 1 atom stereocenters. The number of amides is 1. The van der Waals surface area contributed by atoms with Gasteiger partial charge in [0.2, 0.25) is 5.91 Å². The lowest BCUT2D eigenvalue weighted by atomic mass is 10.0. The second-order valence-electron chi connectivity index (χ2n) is 6.07. The molecule has 2 aromatic rings. The number of nitrogens with two attached hydrogens (primary N) is 1. The third kappa shape index (κ3) is 2.81. The van der Waals surface area contributed by atoms with E-state index in [4.69, 9.17) is 10.2 Å². The molecule has 1 aliphatic rings. The summed E-state index contributed by atoms with van der Waals surface area (Å²) >= 11 is 0. The standard InChI is InChI=1S/C17H22N2O2/c1-10-3-6-14-13(9-21-17(14)11(10)2)7-16(20)19-15(8-18)12-4-5-12/h3,6,9,12,15H,4-5,7-8,18H2,1-2H3,(H,19,20). The summed E-state index contributed by atoms with van der Waals surface area (Å²) in [6, 6.07) is 4.23. The van der Waals surface area contributed by atoms with Crippen molar-refractivity contribution in [3.8, 4) is 0 Å². The van der Waals surface area contributed by atoms with Crippen LogP contribution in [0.15, 0.2) is 22.8 Å².